The van der Waals surface area contributed by atoms with E-state index in [0.717, 1.165) is 22.9 Å². The molecule has 0 radical (unpaired) electrons. The molecule has 2 aliphatic rings. The van der Waals surface area contributed by atoms with Crippen molar-refractivity contribution in [3.8, 4) is 0 Å². The van der Waals surface area contributed by atoms with Crippen LogP contribution in [-0.2, 0) is 33.5 Å². The van der Waals surface area contributed by atoms with Crippen molar-refractivity contribution in [1.82, 2.24) is 19.7 Å². The summed E-state index contributed by atoms with van der Waals surface area (Å²) in [5.74, 6) is -1.91. The molecule has 0 spiro atoms. The average Bonchev–Trinajstić information content (AvgIpc) is 3.64. The minimum atomic E-state index is -4.62. The van der Waals surface area contributed by atoms with Crippen molar-refractivity contribution in [3.63, 3.8) is 0 Å². The molecule has 1 fully saturated rings. The molecule has 2 aromatic heterocycles. The fraction of sp³-hybridized carbons (Fsp3) is 0.417. The predicted molar refractivity (Wildman–Crippen MR) is 137 cm³/mol. The van der Waals surface area contributed by atoms with E-state index in [1.807, 2.05) is 0 Å². The van der Waals surface area contributed by atoms with Gasteiger partial charge in [-0.15, -0.1) is 11.3 Å². The normalized spacial score (nSPS) is 20.4. The molecule has 3 aromatic rings. The Hall–Kier alpha value is -3.24. The highest BCUT2D eigenvalue weighted by atomic mass is 32.2. The van der Waals surface area contributed by atoms with Crippen LogP contribution in [0.3, 0.4) is 0 Å². The monoisotopic (exact) mass is 602 g/mol. The highest BCUT2D eigenvalue weighted by Crippen LogP contribution is 2.35. The van der Waals surface area contributed by atoms with Crippen molar-refractivity contribution in [2.24, 2.45) is 5.16 Å². The Kier molecular flexibility index (Phi) is 7.76. The van der Waals surface area contributed by atoms with Gasteiger partial charge in [-0.25, -0.2) is 13.8 Å². The lowest BCUT2D eigenvalue weighted by molar-refractivity contribution is -0.142. The number of carbonyl (C=O) groups is 1. The molecule has 0 bridgehead atoms. The summed E-state index contributed by atoms with van der Waals surface area (Å²) in [6.07, 6.45) is -3.95. The number of amides is 1. The number of piperazine rings is 1. The van der Waals surface area contributed by atoms with Crippen LogP contribution in [0.2, 0.25) is 0 Å². The number of alkyl halides is 3. The molecule has 0 aliphatic carbocycles. The van der Waals surface area contributed by atoms with Gasteiger partial charge in [0.05, 0.1) is 18.4 Å². The van der Waals surface area contributed by atoms with Crippen LogP contribution in [-0.4, -0.2) is 67.1 Å². The van der Waals surface area contributed by atoms with Crippen LogP contribution < -0.4 is 4.90 Å². The number of rotatable bonds is 6. The molecule has 3 atom stereocenters. The van der Waals surface area contributed by atoms with Gasteiger partial charge in [-0.3, -0.25) is 14.4 Å². The second-order valence-electron chi connectivity index (χ2n) is 9.30. The second kappa shape index (κ2) is 11.0. The van der Waals surface area contributed by atoms with Crippen molar-refractivity contribution in [2.75, 3.05) is 30.8 Å². The Morgan fingerprint density at radius 3 is 2.62 bits per heavy atom. The number of hydrogen-bond acceptors (Lipinski definition) is 8. The lowest BCUT2D eigenvalue weighted by Crippen LogP contribution is -2.58. The summed E-state index contributed by atoms with van der Waals surface area (Å²) >= 11 is -0.159. The summed E-state index contributed by atoms with van der Waals surface area (Å²) in [6, 6.07) is 4.43. The highest BCUT2D eigenvalue weighted by molar-refractivity contribution is 7.91. The Balaban J connectivity index is 1.25. The smallest absolute Gasteiger partial charge is 0.435 e. The van der Waals surface area contributed by atoms with Crippen molar-refractivity contribution < 1.29 is 36.1 Å². The maximum Gasteiger partial charge on any atom is 0.435 e. The summed E-state index contributed by atoms with van der Waals surface area (Å²) in [4.78, 5) is 26.1. The Bertz CT molecular complexity index is 1420. The molecule has 2 aliphatic heterocycles. The fourth-order valence-corrected chi connectivity index (χ4v) is 6.48. The number of thiazole rings is 1. The summed E-state index contributed by atoms with van der Waals surface area (Å²) in [5.41, 5.74) is -0.223. The molecule has 40 heavy (non-hydrogen) atoms. The maximum atomic E-state index is 14.2. The first-order valence-corrected chi connectivity index (χ1v) is 14.5. The molecule has 16 heteroatoms. The van der Waals surface area contributed by atoms with E-state index >= 15 is 0 Å². The topological polar surface area (TPSA) is 98.9 Å². The lowest BCUT2D eigenvalue weighted by Gasteiger charge is -2.40. The van der Waals surface area contributed by atoms with Crippen LogP contribution in [0.1, 0.15) is 35.2 Å². The lowest BCUT2D eigenvalue weighted by atomic mass is 10.0. The van der Waals surface area contributed by atoms with Crippen LogP contribution in [0.15, 0.2) is 34.8 Å². The van der Waals surface area contributed by atoms with E-state index in [1.165, 1.54) is 35.5 Å². The van der Waals surface area contributed by atoms with Crippen LogP contribution >= 0.6 is 11.3 Å². The predicted octanol–water partition coefficient (Wildman–Crippen LogP) is 3.86. The van der Waals surface area contributed by atoms with Gasteiger partial charge in [0.1, 0.15) is 29.6 Å². The summed E-state index contributed by atoms with van der Waals surface area (Å²) in [5, 5.41) is 9.09. The second-order valence-corrected chi connectivity index (χ2v) is 11.7. The van der Waals surface area contributed by atoms with Crippen molar-refractivity contribution in [3.05, 3.63) is 63.9 Å². The number of carbonyl (C=O) groups excluding carboxylic acids is 1. The van der Waals surface area contributed by atoms with E-state index in [9.17, 15) is 31.3 Å². The minimum absolute atomic E-state index is 0.0714. The number of oxime groups is 1. The first kappa shape index (κ1) is 28.3. The average molecular weight is 603 g/mol. The van der Waals surface area contributed by atoms with Gasteiger partial charge in [0.15, 0.2) is 16.9 Å². The number of benzene rings is 1. The standard InChI is InChI=1S/C24H23F5N6O3S2/c1-13-8-19(24(27,28)29)31-35(13)10-20(36)33-6-7-34(21(11-33)40(2)37)23-30-17(12-39-23)16-9-18(38-32-16)22-14(25)4-3-5-15(22)26/h3-5,8,12,18,21H,6-7,9-11H2,1-2H3. The van der Waals surface area contributed by atoms with Crippen molar-refractivity contribution in [2.45, 2.75) is 37.5 Å². The highest BCUT2D eigenvalue weighted by Gasteiger charge is 2.39. The zero-order valence-corrected chi connectivity index (χ0v) is 22.8. The van der Waals surface area contributed by atoms with Gasteiger partial charge >= 0.3 is 6.18 Å². The molecule has 1 amide bonds. The van der Waals surface area contributed by atoms with Gasteiger partial charge in [-0.05, 0) is 36.3 Å². The first-order valence-electron chi connectivity index (χ1n) is 12.0. The number of hydrogen-bond donors (Lipinski definition) is 0. The zero-order chi connectivity index (χ0) is 28.8. The van der Waals surface area contributed by atoms with E-state index in [1.54, 1.807) is 10.3 Å². The molecule has 4 heterocycles. The number of nitrogens with zero attached hydrogens (tertiary/aromatic N) is 6. The number of anilines is 1. The van der Waals surface area contributed by atoms with E-state index < -0.39 is 52.1 Å². The molecule has 3 unspecified atom stereocenters. The molecule has 1 aromatic carbocycles. The van der Waals surface area contributed by atoms with Crippen molar-refractivity contribution in [1.29, 1.82) is 0 Å². The molecular formula is C24H23F5N6O3S2. The van der Waals surface area contributed by atoms with Crippen LogP contribution in [0, 0.1) is 18.6 Å². The van der Waals surface area contributed by atoms with Gasteiger partial charge < -0.3 is 14.3 Å². The van der Waals surface area contributed by atoms with E-state index in [-0.39, 0.29) is 43.9 Å². The number of aromatic nitrogens is 3. The fourth-order valence-electron chi connectivity index (χ4n) is 4.55. The third-order valence-corrected chi connectivity index (χ3v) is 8.70. The summed E-state index contributed by atoms with van der Waals surface area (Å²) in [7, 11) is 0. The first-order chi connectivity index (χ1) is 18.9. The minimum Gasteiger partial charge on any atom is -0.615 e. The van der Waals surface area contributed by atoms with Crippen molar-refractivity contribution >= 4 is 39.3 Å². The van der Waals surface area contributed by atoms with Gasteiger partial charge in [0.25, 0.3) is 0 Å². The largest absolute Gasteiger partial charge is 0.615 e. The number of halogens is 5. The third kappa shape index (κ3) is 5.65. The van der Waals surface area contributed by atoms with Crippen LogP contribution in [0.25, 0.3) is 0 Å². The third-order valence-electron chi connectivity index (χ3n) is 6.65. The van der Waals surface area contributed by atoms with Gasteiger partial charge in [0.2, 0.25) is 11.3 Å². The molecule has 214 valence electrons. The van der Waals surface area contributed by atoms with E-state index in [0.29, 0.717) is 16.5 Å². The van der Waals surface area contributed by atoms with Gasteiger partial charge in [-0.2, -0.15) is 18.3 Å². The quantitative estimate of drug-likeness (QED) is 0.314. The van der Waals surface area contributed by atoms with Gasteiger partial charge in [0, 0.05) is 30.6 Å². The molecule has 0 N–H and O–H groups in total. The van der Waals surface area contributed by atoms with Crippen LogP contribution in [0.5, 0.6) is 0 Å². The zero-order valence-electron chi connectivity index (χ0n) is 21.2. The Labute approximate surface area is 232 Å². The van der Waals surface area contributed by atoms with Gasteiger partial charge in [-0.1, -0.05) is 11.2 Å². The molecular weight excluding hydrogens is 579 g/mol. The molecule has 0 saturated carbocycles. The Morgan fingerprint density at radius 2 is 1.98 bits per heavy atom. The molecule has 5 rings (SSSR count). The molecule has 9 nitrogen and oxygen atoms in total. The SMILES string of the molecule is Cc1cc(C(F)(F)F)nn1CC(=O)N1CCN(c2nc(C3=NOC(c4c(F)cccc4F)C3)cs2)C([S+](C)[O-])C1. The van der Waals surface area contributed by atoms with Crippen LogP contribution in [0.4, 0.5) is 27.1 Å². The summed E-state index contributed by atoms with van der Waals surface area (Å²) < 4.78 is 81.0. The van der Waals surface area contributed by atoms with E-state index in [4.69, 9.17) is 4.84 Å². The summed E-state index contributed by atoms with van der Waals surface area (Å²) in [6.45, 7) is 1.64. The van der Waals surface area contributed by atoms with E-state index in [2.05, 4.69) is 15.2 Å². The maximum absolute atomic E-state index is 14.2. The number of aryl methyl sites for hydroxylation is 1. The Morgan fingerprint density at radius 1 is 1.25 bits per heavy atom. The molecule has 1 saturated heterocycles.